The molecule has 1 rings (SSSR count). The number of hydrogen-bond acceptors (Lipinski definition) is 4. The van der Waals surface area contributed by atoms with Crippen LogP contribution in [0.1, 0.15) is 51.9 Å². The molecule has 0 aromatic rings. The van der Waals surface area contributed by atoms with Gasteiger partial charge in [0.15, 0.2) is 0 Å². The van der Waals surface area contributed by atoms with Gasteiger partial charge < -0.3 is 22.9 Å². The van der Waals surface area contributed by atoms with Crippen molar-refractivity contribution in [1.29, 1.82) is 0 Å². The fraction of sp³-hybridized carbons (Fsp3) is 1.00. The van der Waals surface area contributed by atoms with Gasteiger partial charge in [-0.2, -0.15) is 0 Å². The Morgan fingerprint density at radius 3 is 2.59 bits per heavy atom. The molecular formula is C13H30N4. The van der Waals surface area contributed by atoms with Crippen LogP contribution in [0.15, 0.2) is 0 Å². The molecule has 0 bridgehead atoms. The first kappa shape index (κ1) is 14.9. The second-order valence-electron chi connectivity index (χ2n) is 5.79. The van der Waals surface area contributed by atoms with Crippen LogP contribution in [-0.2, 0) is 0 Å². The number of rotatable bonds is 6. The lowest BCUT2D eigenvalue weighted by molar-refractivity contribution is 0.149. The van der Waals surface area contributed by atoms with Crippen LogP contribution in [-0.4, -0.2) is 24.2 Å². The van der Waals surface area contributed by atoms with Crippen molar-refractivity contribution < 1.29 is 0 Å². The highest BCUT2D eigenvalue weighted by atomic mass is 14.9. The average Bonchev–Trinajstić information content (AvgIpc) is 2.29. The molecule has 1 aliphatic carbocycles. The average molecular weight is 242 g/mol. The molecule has 1 saturated carbocycles. The predicted molar refractivity (Wildman–Crippen MR) is 73.4 cm³/mol. The van der Waals surface area contributed by atoms with Crippen LogP contribution in [0, 0.1) is 5.92 Å². The molecule has 4 unspecified atom stereocenters. The van der Waals surface area contributed by atoms with Gasteiger partial charge >= 0.3 is 0 Å². The maximum absolute atomic E-state index is 6.52. The number of hydrogen-bond donors (Lipinski definition) is 4. The maximum Gasteiger partial charge on any atom is 0.0334 e. The first-order valence-electron chi connectivity index (χ1n) is 7.00. The van der Waals surface area contributed by atoms with E-state index in [2.05, 4.69) is 6.92 Å². The van der Waals surface area contributed by atoms with Gasteiger partial charge in [0, 0.05) is 17.6 Å². The zero-order valence-corrected chi connectivity index (χ0v) is 11.2. The van der Waals surface area contributed by atoms with Crippen LogP contribution in [0.25, 0.3) is 0 Å². The van der Waals surface area contributed by atoms with Crippen molar-refractivity contribution in [3.8, 4) is 0 Å². The molecule has 0 heterocycles. The largest absolute Gasteiger partial charge is 0.330 e. The molecular weight excluding hydrogens is 212 g/mol. The molecule has 0 aromatic heterocycles. The van der Waals surface area contributed by atoms with Crippen molar-refractivity contribution in [2.75, 3.05) is 6.54 Å². The monoisotopic (exact) mass is 242 g/mol. The standard InChI is InChI=1S/C13H30N4/c1-10-9-11(15)6-7-13(10,17)12(16)5-3-2-4-8-14/h10-12H,2-9,14-17H2,1H3. The van der Waals surface area contributed by atoms with Crippen molar-refractivity contribution >= 4 is 0 Å². The summed E-state index contributed by atoms with van der Waals surface area (Å²) in [7, 11) is 0. The summed E-state index contributed by atoms with van der Waals surface area (Å²) >= 11 is 0. The highest BCUT2D eigenvalue weighted by molar-refractivity contribution is 5.02. The van der Waals surface area contributed by atoms with Crippen LogP contribution in [0.2, 0.25) is 0 Å². The Labute approximate surface area is 105 Å². The Hall–Kier alpha value is -0.160. The van der Waals surface area contributed by atoms with Gasteiger partial charge in [-0.25, -0.2) is 0 Å². The van der Waals surface area contributed by atoms with Gasteiger partial charge in [0.1, 0.15) is 0 Å². The molecule has 17 heavy (non-hydrogen) atoms. The topological polar surface area (TPSA) is 104 Å². The molecule has 8 N–H and O–H groups in total. The van der Waals surface area contributed by atoms with Crippen LogP contribution in [0.3, 0.4) is 0 Å². The predicted octanol–water partition coefficient (Wildman–Crippen LogP) is 0.678. The quantitative estimate of drug-likeness (QED) is 0.514. The van der Waals surface area contributed by atoms with Gasteiger partial charge in [0.05, 0.1) is 0 Å². The SMILES string of the molecule is CC1CC(N)CCC1(N)C(N)CCCCCN. The lowest BCUT2D eigenvalue weighted by Crippen LogP contribution is -2.62. The van der Waals surface area contributed by atoms with Crippen molar-refractivity contribution in [1.82, 2.24) is 0 Å². The summed E-state index contributed by atoms with van der Waals surface area (Å²) in [5.41, 5.74) is 24.1. The van der Waals surface area contributed by atoms with E-state index in [1.807, 2.05) is 0 Å². The highest BCUT2D eigenvalue weighted by Crippen LogP contribution is 2.34. The Bertz CT molecular complexity index is 221. The Morgan fingerprint density at radius 1 is 1.29 bits per heavy atom. The van der Waals surface area contributed by atoms with Crippen LogP contribution >= 0.6 is 0 Å². The van der Waals surface area contributed by atoms with Gasteiger partial charge in [0.25, 0.3) is 0 Å². The molecule has 0 saturated heterocycles. The Morgan fingerprint density at radius 2 is 2.00 bits per heavy atom. The molecule has 0 spiro atoms. The van der Waals surface area contributed by atoms with Crippen LogP contribution < -0.4 is 22.9 Å². The molecule has 0 radical (unpaired) electrons. The van der Waals surface area contributed by atoms with E-state index in [1.54, 1.807) is 0 Å². The summed E-state index contributed by atoms with van der Waals surface area (Å²) in [6, 6.07) is 0.411. The highest BCUT2D eigenvalue weighted by Gasteiger charge is 2.41. The maximum atomic E-state index is 6.52. The molecule has 102 valence electrons. The lowest BCUT2D eigenvalue weighted by atomic mass is 9.68. The van der Waals surface area contributed by atoms with E-state index in [0.717, 1.165) is 51.5 Å². The molecule has 4 atom stereocenters. The third-order valence-electron chi connectivity index (χ3n) is 4.43. The van der Waals surface area contributed by atoms with Gasteiger partial charge in [0.2, 0.25) is 0 Å². The van der Waals surface area contributed by atoms with Crippen molar-refractivity contribution in [3.05, 3.63) is 0 Å². The van der Waals surface area contributed by atoms with Crippen LogP contribution in [0.5, 0.6) is 0 Å². The smallest absolute Gasteiger partial charge is 0.0334 e. The first-order chi connectivity index (χ1) is 8.00. The molecule has 1 fully saturated rings. The molecule has 0 amide bonds. The third kappa shape index (κ3) is 3.91. The summed E-state index contributed by atoms with van der Waals surface area (Å²) in [5, 5.41) is 0. The van der Waals surface area contributed by atoms with Crippen molar-refractivity contribution in [3.63, 3.8) is 0 Å². The van der Waals surface area contributed by atoms with E-state index < -0.39 is 0 Å². The van der Waals surface area contributed by atoms with Gasteiger partial charge in [-0.3, -0.25) is 0 Å². The minimum atomic E-state index is -0.210. The molecule has 4 heteroatoms. The Balaban J connectivity index is 2.40. The molecule has 4 nitrogen and oxygen atoms in total. The minimum absolute atomic E-state index is 0.0998. The van der Waals surface area contributed by atoms with E-state index in [9.17, 15) is 0 Å². The number of nitrogens with two attached hydrogens (primary N) is 4. The van der Waals surface area contributed by atoms with Gasteiger partial charge in [-0.1, -0.05) is 19.8 Å². The van der Waals surface area contributed by atoms with E-state index in [4.69, 9.17) is 22.9 Å². The van der Waals surface area contributed by atoms with E-state index in [0.29, 0.717) is 12.0 Å². The van der Waals surface area contributed by atoms with Gasteiger partial charge in [-0.15, -0.1) is 0 Å². The summed E-state index contributed by atoms with van der Waals surface area (Å²) in [5.74, 6) is 0.427. The van der Waals surface area contributed by atoms with Gasteiger partial charge in [-0.05, 0) is 44.6 Å². The molecule has 0 aliphatic heterocycles. The summed E-state index contributed by atoms with van der Waals surface area (Å²) < 4.78 is 0. The summed E-state index contributed by atoms with van der Waals surface area (Å²) in [6.45, 7) is 2.97. The molecule has 1 aliphatic rings. The fourth-order valence-corrected chi connectivity index (χ4v) is 2.98. The van der Waals surface area contributed by atoms with E-state index in [-0.39, 0.29) is 11.6 Å². The first-order valence-corrected chi connectivity index (χ1v) is 7.00. The summed E-state index contributed by atoms with van der Waals surface area (Å²) in [4.78, 5) is 0. The second-order valence-corrected chi connectivity index (χ2v) is 5.79. The minimum Gasteiger partial charge on any atom is -0.330 e. The summed E-state index contributed by atoms with van der Waals surface area (Å²) in [6.07, 6.45) is 7.38. The third-order valence-corrected chi connectivity index (χ3v) is 4.43. The lowest BCUT2D eigenvalue weighted by Gasteiger charge is -2.45. The molecule has 0 aromatic carbocycles. The van der Waals surface area contributed by atoms with Crippen molar-refractivity contribution in [2.24, 2.45) is 28.9 Å². The number of unbranched alkanes of at least 4 members (excludes halogenated alkanes) is 2. The normalized spacial score (nSPS) is 35.8. The van der Waals surface area contributed by atoms with E-state index in [1.165, 1.54) is 0 Å². The fourth-order valence-electron chi connectivity index (χ4n) is 2.98. The zero-order valence-electron chi connectivity index (χ0n) is 11.2. The van der Waals surface area contributed by atoms with Crippen LogP contribution in [0.4, 0.5) is 0 Å². The van der Waals surface area contributed by atoms with Crippen molar-refractivity contribution in [2.45, 2.75) is 69.5 Å². The zero-order chi connectivity index (χ0) is 12.9. The Kier molecular flexibility index (Phi) is 5.86. The van der Waals surface area contributed by atoms with E-state index >= 15 is 0 Å². The second kappa shape index (κ2) is 6.69.